The van der Waals surface area contributed by atoms with Crippen molar-refractivity contribution in [3.8, 4) is 0 Å². The highest BCUT2D eigenvalue weighted by Crippen LogP contribution is 2.21. The van der Waals surface area contributed by atoms with Gasteiger partial charge in [-0.1, -0.05) is 38.5 Å². The van der Waals surface area contributed by atoms with Crippen molar-refractivity contribution in [1.29, 1.82) is 0 Å². The molecule has 14 nitrogen and oxygen atoms in total. The van der Waals surface area contributed by atoms with Gasteiger partial charge in [0.15, 0.2) is 5.96 Å². The number of likely N-dealkylation sites (tertiary alicyclic amines) is 1. The lowest BCUT2D eigenvalue weighted by atomic mass is 9.96. The second-order valence-electron chi connectivity index (χ2n) is 11.8. The maximum absolute atomic E-state index is 13.9. The van der Waals surface area contributed by atoms with Crippen LogP contribution in [0.4, 0.5) is 0 Å². The van der Waals surface area contributed by atoms with E-state index >= 15 is 0 Å². The fraction of sp³-hybridized carbons (Fsp3) is 0.562. The van der Waals surface area contributed by atoms with Crippen LogP contribution in [0, 0.1) is 5.92 Å². The van der Waals surface area contributed by atoms with E-state index in [0.717, 1.165) is 16.5 Å². The zero-order chi connectivity index (χ0) is 33.8. The highest BCUT2D eigenvalue weighted by molar-refractivity contribution is 5.96. The number of hydrogen-bond acceptors (Lipinski definition) is 6. The first kappa shape index (κ1) is 35.9. The number of aromatic nitrogens is 1. The number of hydrogen-bond donors (Lipinski definition) is 7. The van der Waals surface area contributed by atoms with Gasteiger partial charge in [-0.15, -0.1) is 0 Å². The summed E-state index contributed by atoms with van der Waals surface area (Å²) in [7, 11) is 0. The van der Waals surface area contributed by atoms with Crippen molar-refractivity contribution in [2.75, 3.05) is 19.6 Å². The fourth-order valence-electron chi connectivity index (χ4n) is 5.75. The number of benzene rings is 1. The summed E-state index contributed by atoms with van der Waals surface area (Å²) in [5, 5.41) is 12.1. The third-order valence-corrected chi connectivity index (χ3v) is 8.34. The quantitative estimate of drug-likeness (QED) is 0.0779. The first-order valence-electron chi connectivity index (χ1n) is 16.0. The van der Waals surface area contributed by atoms with Crippen molar-refractivity contribution in [2.24, 2.45) is 22.4 Å². The number of nitrogens with one attached hydrogen (secondary N) is 5. The van der Waals surface area contributed by atoms with E-state index in [-0.39, 0.29) is 49.0 Å². The summed E-state index contributed by atoms with van der Waals surface area (Å²) in [5.74, 6) is -2.44. The van der Waals surface area contributed by atoms with E-state index in [1.54, 1.807) is 6.20 Å². The SMILES string of the molecule is CCNC(=O)[C@@H]1CCCN1C(=O)[C@H](CCCN=C(N)N)NC(=O)[C@@H](NC(=O)[C@H](Cc1c[nH]c2ccccc12)NC(C)=O)[C@@H](C)CC. The summed E-state index contributed by atoms with van der Waals surface area (Å²) in [6.07, 6.45) is 4.36. The topological polar surface area (TPSA) is 217 Å². The molecular formula is C32H49N9O5. The zero-order valence-electron chi connectivity index (χ0n) is 27.2. The maximum atomic E-state index is 13.9. The van der Waals surface area contributed by atoms with Gasteiger partial charge in [0, 0.05) is 50.1 Å². The molecule has 0 radical (unpaired) electrons. The number of likely N-dealkylation sites (N-methyl/N-ethyl adjacent to an activating group) is 1. The molecule has 1 fully saturated rings. The molecule has 1 aliphatic rings. The van der Waals surface area contributed by atoms with Crippen LogP contribution >= 0.6 is 0 Å². The van der Waals surface area contributed by atoms with Crippen molar-refractivity contribution >= 4 is 46.4 Å². The third-order valence-electron chi connectivity index (χ3n) is 8.34. The number of carbonyl (C=O) groups excluding carboxylic acids is 5. The van der Waals surface area contributed by atoms with Crippen LogP contribution in [0.3, 0.4) is 0 Å². The fourth-order valence-corrected chi connectivity index (χ4v) is 5.75. The van der Waals surface area contributed by atoms with Gasteiger partial charge in [-0.25, -0.2) is 0 Å². The summed E-state index contributed by atoms with van der Waals surface area (Å²) < 4.78 is 0. The number of aliphatic imine (C=N–C) groups is 1. The lowest BCUT2D eigenvalue weighted by Gasteiger charge is -2.31. The largest absolute Gasteiger partial charge is 0.370 e. The Morgan fingerprint density at radius 1 is 1.04 bits per heavy atom. The van der Waals surface area contributed by atoms with E-state index in [2.05, 4.69) is 31.2 Å². The highest BCUT2D eigenvalue weighted by Gasteiger charge is 2.39. The molecule has 2 aromatic rings. The minimum absolute atomic E-state index is 0.0799. The molecular weight excluding hydrogens is 590 g/mol. The molecule has 1 aromatic carbocycles. The summed E-state index contributed by atoms with van der Waals surface area (Å²) >= 11 is 0. The number of nitrogens with two attached hydrogens (primary N) is 2. The van der Waals surface area contributed by atoms with Gasteiger partial charge in [0.25, 0.3) is 0 Å². The van der Waals surface area contributed by atoms with Crippen molar-refractivity contribution in [3.05, 3.63) is 36.0 Å². The molecule has 0 spiro atoms. The molecule has 1 aliphatic heterocycles. The summed E-state index contributed by atoms with van der Waals surface area (Å²) in [4.78, 5) is 74.9. The average molecular weight is 640 g/mol. The molecule has 0 saturated carbocycles. The Labute approximate surface area is 269 Å². The highest BCUT2D eigenvalue weighted by atomic mass is 16.2. The molecule has 2 heterocycles. The van der Waals surface area contributed by atoms with Gasteiger partial charge < -0.3 is 42.6 Å². The number of rotatable bonds is 16. The minimum atomic E-state index is -0.998. The molecule has 5 amide bonds. The number of aromatic amines is 1. The van der Waals surface area contributed by atoms with E-state index < -0.39 is 36.0 Å². The number of fused-ring (bicyclic) bond motifs is 1. The van der Waals surface area contributed by atoms with Gasteiger partial charge in [-0.3, -0.25) is 29.0 Å². The van der Waals surface area contributed by atoms with E-state index in [1.807, 2.05) is 45.0 Å². The first-order valence-corrected chi connectivity index (χ1v) is 16.0. The number of para-hydroxylation sites is 1. The molecule has 252 valence electrons. The average Bonchev–Trinajstić information content (AvgIpc) is 3.68. The molecule has 0 aliphatic carbocycles. The smallest absolute Gasteiger partial charge is 0.245 e. The summed E-state index contributed by atoms with van der Waals surface area (Å²) in [6.45, 7) is 7.95. The van der Waals surface area contributed by atoms with Crippen LogP contribution in [-0.4, -0.2) is 89.2 Å². The summed E-state index contributed by atoms with van der Waals surface area (Å²) in [5.41, 5.74) is 12.7. The van der Waals surface area contributed by atoms with Gasteiger partial charge in [0.05, 0.1) is 0 Å². The Kier molecular flexibility index (Phi) is 13.4. The summed E-state index contributed by atoms with van der Waals surface area (Å²) in [6, 6.07) is 4.10. The third kappa shape index (κ3) is 9.69. The van der Waals surface area contributed by atoms with Crippen LogP contribution in [0.1, 0.15) is 65.4 Å². The van der Waals surface area contributed by atoms with Gasteiger partial charge in [-0.2, -0.15) is 0 Å². The molecule has 3 rings (SSSR count). The molecule has 0 bridgehead atoms. The Morgan fingerprint density at radius 2 is 1.78 bits per heavy atom. The monoisotopic (exact) mass is 639 g/mol. The standard InChI is InChI=1S/C32H49N9O5/c1-5-19(3)27(40-28(43)25(38-20(4)42)17-21-18-37-23-12-8-7-11-22(21)23)30(45)39-24(13-9-15-36-32(33)34)31(46)41-16-10-14-26(41)29(44)35-6-2/h7-8,11-12,18-19,24-27,37H,5-6,9-10,13-17H2,1-4H3,(H,35,44)(H,38,42)(H,39,45)(H,40,43)(H4,33,34,36)/t19-,24-,25-,26-,27-/m0/s1. The lowest BCUT2D eigenvalue weighted by Crippen LogP contribution is -2.59. The zero-order valence-corrected chi connectivity index (χ0v) is 27.2. The van der Waals surface area contributed by atoms with Crippen LogP contribution < -0.4 is 32.7 Å². The Bertz CT molecular complexity index is 1400. The molecule has 14 heteroatoms. The van der Waals surface area contributed by atoms with Crippen molar-refractivity contribution < 1.29 is 24.0 Å². The predicted molar refractivity (Wildman–Crippen MR) is 176 cm³/mol. The van der Waals surface area contributed by atoms with Gasteiger partial charge in [0.2, 0.25) is 29.5 Å². The van der Waals surface area contributed by atoms with E-state index in [0.29, 0.717) is 38.8 Å². The first-order chi connectivity index (χ1) is 22.0. The maximum Gasteiger partial charge on any atom is 0.245 e. The number of guanidine groups is 1. The Morgan fingerprint density at radius 3 is 2.46 bits per heavy atom. The van der Waals surface area contributed by atoms with E-state index in [9.17, 15) is 24.0 Å². The van der Waals surface area contributed by atoms with E-state index in [1.165, 1.54) is 11.8 Å². The van der Waals surface area contributed by atoms with Crippen molar-refractivity contribution in [3.63, 3.8) is 0 Å². The second-order valence-corrected chi connectivity index (χ2v) is 11.8. The van der Waals surface area contributed by atoms with E-state index in [4.69, 9.17) is 11.5 Å². The van der Waals surface area contributed by atoms with Crippen LogP contribution in [0.2, 0.25) is 0 Å². The van der Waals surface area contributed by atoms with Crippen LogP contribution in [-0.2, 0) is 30.4 Å². The van der Waals surface area contributed by atoms with Crippen LogP contribution in [0.5, 0.6) is 0 Å². The number of carbonyl (C=O) groups is 5. The number of nitrogens with zero attached hydrogens (tertiary/aromatic N) is 2. The molecule has 5 atom stereocenters. The molecule has 0 unspecified atom stereocenters. The number of H-pyrrole nitrogens is 1. The predicted octanol–water partition coefficient (Wildman–Crippen LogP) is 0.412. The van der Waals surface area contributed by atoms with Crippen molar-refractivity contribution in [2.45, 2.75) is 90.4 Å². The second kappa shape index (κ2) is 17.2. The normalized spacial score (nSPS) is 17.0. The van der Waals surface area contributed by atoms with Gasteiger partial charge in [0.1, 0.15) is 24.2 Å². The van der Waals surface area contributed by atoms with Crippen molar-refractivity contribution in [1.82, 2.24) is 31.2 Å². The van der Waals surface area contributed by atoms with Gasteiger partial charge >= 0.3 is 0 Å². The van der Waals surface area contributed by atoms with Crippen LogP contribution in [0.15, 0.2) is 35.5 Å². The Hall–Kier alpha value is -4.62. The molecule has 46 heavy (non-hydrogen) atoms. The lowest BCUT2D eigenvalue weighted by molar-refractivity contribution is -0.142. The number of amides is 5. The van der Waals surface area contributed by atoms with Crippen LogP contribution in [0.25, 0.3) is 10.9 Å². The minimum Gasteiger partial charge on any atom is -0.370 e. The molecule has 1 aromatic heterocycles. The molecule has 9 N–H and O–H groups in total. The Balaban J connectivity index is 1.82. The van der Waals surface area contributed by atoms with Gasteiger partial charge in [-0.05, 0) is 50.2 Å². The molecule has 1 saturated heterocycles.